The number of benzene rings is 1. The van der Waals surface area contributed by atoms with Crippen molar-refractivity contribution in [3.05, 3.63) is 33.8 Å². The Morgan fingerprint density at radius 2 is 1.50 bits per heavy atom. The Hall–Kier alpha value is -2.52. The summed E-state index contributed by atoms with van der Waals surface area (Å²) in [5.41, 5.74) is -3.34. The van der Waals surface area contributed by atoms with Gasteiger partial charge in [-0.3, -0.25) is 9.63 Å². The number of carbonyl (C=O) groups excluding carboxylic acids is 3. The van der Waals surface area contributed by atoms with E-state index in [4.69, 9.17) is 37.5 Å². The van der Waals surface area contributed by atoms with Crippen molar-refractivity contribution in [2.75, 3.05) is 7.05 Å². The van der Waals surface area contributed by atoms with Crippen LogP contribution in [0, 0.1) is 0 Å². The van der Waals surface area contributed by atoms with Crippen LogP contribution in [0.15, 0.2) is 23.3 Å². The van der Waals surface area contributed by atoms with Crippen molar-refractivity contribution in [3.63, 3.8) is 0 Å². The molecule has 0 aliphatic carbocycles. The van der Waals surface area contributed by atoms with Crippen LogP contribution in [0.2, 0.25) is 10.0 Å². The van der Waals surface area contributed by atoms with Gasteiger partial charge >= 0.3 is 12.2 Å². The molecule has 1 aromatic carbocycles. The molecule has 0 N–H and O–H groups in total. The smallest absolute Gasteiger partial charge is 0.442 e. The molecule has 1 atom stereocenters. The Kier molecular flexibility index (Phi) is 7.07. The lowest BCUT2D eigenvalue weighted by Gasteiger charge is -2.36. The number of nitrogens with zero attached hydrogens (tertiary/aromatic N) is 3. The second-order valence-electron chi connectivity index (χ2n) is 9.34. The Morgan fingerprint density at radius 3 is 1.97 bits per heavy atom. The van der Waals surface area contributed by atoms with E-state index in [-0.39, 0.29) is 15.8 Å². The average molecular weight is 488 g/mol. The van der Waals surface area contributed by atoms with Crippen LogP contribution in [0.3, 0.4) is 0 Å². The Balaban J connectivity index is 2.61. The molecule has 0 radical (unpaired) electrons. The Bertz CT molecular complexity index is 947. The average Bonchev–Trinajstić information content (AvgIpc) is 2.80. The third-order valence-electron chi connectivity index (χ3n) is 4.08. The summed E-state index contributed by atoms with van der Waals surface area (Å²) in [6, 6.07) is 4.56. The number of halogens is 2. The van der Waals surface area contributed by atoms with Gasteiger partial charge in [-0.25, -0.2) is 14.6 Å². The molecular formula is C21H27Cl2N3O6. The molecule has 2 rings (SSSR count). The standard InChI is InChI=1S/C21H27Cl2N3O6/c1-19(2,3)30-17(28)26(32-18(29)31-20(4,5)6)21(7)15(24-25(8)16(21)27)12-9-13(22)11-14(23)10-12/h9-11H,1-8H3. The summed E-state index contributed by atoms with van der Waals surface area (Å²) in [4.78, 5) is 44.1. The second kappa shape index (κ2) is 8.78. The van der Waals surface area contributed by atoms with Gasteiger partial charge in [0, 0.05) is 22.7 Å². The fourth-order valence-corrected chi connectivity index (χ4v) is 3.41. The summed E-state index contributed by atoms with van der Waals surface area (Å²) in [5, 5.41) is 6.40. The SMILES string of the molecule is CN1N=C(c2cc(Cl)cc(Cl)c2)C(C)(N(OC(=O)OC(C)(C)C)C(=O)OC(C)(C)C)C1=O. The fraction of sp³-hybridized carbons (Fsp3) is 0.524. The molecule has 9 nitrogen and oxygen atoms in total. The van der Waals surface area contributed by atoms with Gasteiger partial charge in [0.15, 0.2) is 0 Å². The lowest BCUT2D eigenvalue weighted by atomic mass is 9.90. The zero-order valence-electron chi connectivity index (χ0n) is 19.3. The predicted octanol–water partition coefficient (Wildman–Crippen LogP) is 5.03. The third-order valence-corrected chi connectivity index (χ3v) is 4.51. The van der Waals surface area contributed by atoms with E-state index in [2.05, 4.69) is 5.10 Å². The number of ether oxygens (including phenoxy) is 2. The molecular weight excluding hydrogens is 461 g/mol. The van der Waals surface area contributed by atoms with Crippen molar-refractivity contribution in [1.82, 2.24) is 10.1 Å². The summed E-state index contributed by atoms with van der Waals surface area (Å²) in [6.07, 6.45) is -2.29. The van der Waals surface area contributed by atoms with Gasteiger partial charge in [-0.15, -0.1) is 5.06 Å². The highest BCUT2D eigenvalue weighted by atomic mass is 35.5. The molecule has 0 saturated heterocycles. The summed E-state index contributed by atoms with van der Waals surface area (Å²) in [5.74, 6) is -0.655. The zero-order valence-corrected chi connectivity index (χ0v) is 20.8. The quantitative estimate of drug-likeness (QED) is 0.428. The molecule has 0 bridgehead atoms. The summed E-state index contributed by atoms with van der Waals surface area (Å²) >= 11 is 12.3. The van der Waals surface area contributed by atoms with Gasteiger partial charge in [-0.05, 0) is 66.7 Å². The van der Waals surface area contributed by atoms with Crippen LogP contribution < -0.4 is 0 Å². The van der Waals surface area contributed by atoms with Crippen LogP contribution in [0.1, 0.15) is 54.0 Å². The highest BCUT2D eigenvalue weighted by Crippen LogP contribution is 2.34. The molecule has 1 unspecified atom stereocenters. The molecule has 1 aromatic rings. The van der Waals surface area contributed by atoms with Gasteiger partial charge in [0.1, 0.15) is 16.9 Å². The molecule has 2 amide bonds. The molecule has 0 spiro atoms. The second-order valence-corrected chi connectivity index (χ2v) is 10.2. The minimum atomic E-state index is -1.90. The molecule has 1 aliphatic rings. The molecule has 0 saturated carbocycles. The first-order chi connectivity index (χ1) is 14.4. The van der Waals surface area contributed by atoms with Gasteiger partial charge < -0.3 is 9.47 Å². The molecule has 32 heavy (non-hydrogen) atoms. The third kappa shape index (κ3) is 5.83. The highest BCUT2D eigenvalue weighted by Gasteiger charge is 2.57. The van der Waals surface area contributed by atoms with Gasteiger partial charge in [0.05, 0.1) is 0 Å². The van der Waals surface area contributed by atoms with Crippen LogP contribution in [-0.2, 0) is 19.1 Å². The van der Waals surface area contributed by atoms with E-state index in [1.807, 2.05) is 0 Å². The van der Waals surface area contributed by atoms with E-state index < -0.39 is 34.9 Å². The molecule has 1 aliphatic heterocycles. The first-order valence-electron chi connectivity index (χ1n) is 9.72. The number of amides is 2. The van der Waals surface area contributed by atoms with Crippen LogP contribution in [-0.4, -0.2) is 57.7 Å². The number of rotatable bonds is 2. The number of likely N-dealkylation sites (N-methyl/N-ethyl adjacent to an activating group) is 1. The first kappa shape index (κ1) is 25.7. The molecule has 0 aromatic heterocycles. The van der Waals surface area contributed by atoms with Crippen LogP contribution in [0.5, 0.6) is 0 Å². The van der Waals surface area contributed by atoms with Crippen molar-refractivity contribution in [2.24, 2.45) is 5.10 Å². The van der Waals surface area contributed by atoms with Crippen molar-refractivity contribution >= 4 is 47.1 Å². The van der Waals surface area contributed by atoms with Crippen molar-refractivity contribution in [2.45, 2.75) is 65.2 Å². The monoisotopic (exact) mass is 487 g/mol. The number of carbonyl (C=O) groups is 3. The largest absolute Gasteiger partial charge is 0.534 e. The van der Waals surface area contributed by atoms with Crippen molar-refractivity contribution in [1.29, 1.82) is 0 Å². The van der Waals surface area contributed by atoms with Gasteiger partial charge in [-0.1, -0.05) is 23.2 Å². The maximum atomic E-state index is 13.2. The lowest BCUT2D eigenvalue weighted by Crippen LogP contribution is -2.61. The van der Waals surface area contributed by atoms with E-state index in [0.717, 1.165) is 5.01 Å². The normalized spacial score (nSPS) is 18.9. The summed E-state index contributed by atoms with van der Waals surface area (Å²) in [7, 11) is 1.40. The topological polar surface area (TPSA) is 97.7 Å². The Morgan fingerprint density at radius 1 is 1.00 bits per heavy atom. The van der Waals surface area contributed by atoms with E-state index in [9.17, 15) is 14.4 Å². The van der Waals surface area contributed by atoms with E-state index in [1.54, 1.807) is 41.5 Å². The number of hydrazone groups is 1. The van der Waals surface area contributed by atoms with Crippen LogP contribution in [0.25, 0.3) is 0 Å². The highest BCUT2D eigenvalue weighted by molar-refractivity contribution is 6.36. The van der Waals surface area contributed by atoms with E-state index in [1.165, 1.54) is 32.2 Å². The van der Waals surface area contributed by atoms with Gasteiger partial charge in [0.2, 0.25) is 5.54 Å². The maximum absolute atomic E-state index is 13.2. The van der Waals surface area contributed by atoms with Crippen molar-refractivity contribution < 1.29 is 28.7 Å². The number of hydrogen-bond donors (Lipinski definition) is 0. The minimum Gasteiger partial charge on any atom is -0.442 e. The van der Waals surface area contributed by atoms with E-state index >= 15 is 0 Å². The Labute approximate surface area is 197 Å². The molecule has 11 heteroatoms. The van der Waals surface area contributed by atoms with Crippen molar-refractivity contribution in [3.8, 4) is 0 Å². The molecule has 1 heterocycles. The minimum absolute atomic E-state index is 0.0730. The van der Waals surface area contributed by atoms with E-state index in [0.29, 0.717) is 10.6 Å². The number of hydrogen-bond acceptors (Lipinski definition) is 7. The molecule has 176 valence electrons. The lowest BCUT2D eigenvalue weighted by molar-refractivity contribution is -0.176. The van der Waals surface area contributed by atoms with Crippen LogP contribution >= 0.6 is 23.2 Å². The van der Waals surface area contributed by atoms with Crippen LogP contribution in [0.4, 0.5) is 9.59 Å². The first-order valence-corrected chi connectivity index (χ1v) is 10.5. The number of hydroxylamine groups is 2. The van der Waals surface area contributed by atoms with Gasteiger partial charge in [-0.2, -0.15) is 5.10 Å². The fourth-order valence-electron chi connectivity index (χ4n) is 2.88. The summed E-state index contributed by atoms with van der Waals surface area (Å²) in [6.45, 7) is 11.2. The summed E-state index contributed by atoms with van der Waals surface area (Å²) < 4.78 is 10.6. The van der Waals surface area contributed by atoms with Gasteiger partial charge in [0.25, 0.3) is 5.91 Å². The zero-order chi connectivity index (χ0) is 24.6. The maximum Gasteiger partial charge on any atom is 0.534 e. The predicted molar refractivity (Wildman–Crippen MR) is 120 cm³/mol. The molecule has 0 fully saturated rings.